The summed E-state index contributed by atoms with van der Waals surface area (Å²) in [7, 11) is 5.89. The van der Waals surface area contributed by atoms with Crippen LogP contribution < -0.4 is 4.90 Å². The smallest absolute Gasteiger partial charge is 0.254 e. The van der Waals surface area contributed by atoms with Crippen LogP contribution >= 0.6 is 0 Å². The van der Waals surface area contributed by atoms with Gasteiger partial charge in [-0.05, 0) is 42.2 Å². The number of rotatable bonds is 3. The van der Waals surface area contributed by atoms with Crippen molar-refractivity contribution in [3.63, 3.8) is 0 Å². The Hall–Kier alpha value is -2.29. The number of hydrogen-bond donors (Lipinski definition) is 0. The highest BCUT2D eigenvalue weighted by Crippen LogP contribution is 2.35. The predicted molar refractivity (Wildman–Crippen MR) is 90.4 cm³/mol. The summed E-state index contributed by atoms with van der Waals surface area (Å²) in [5.41, 5.74) is 4.46. The number of hydrogen-bond acceptors (Lipinski definition) is 2. The molecule has 2 aromatic carbocycles. The van der Waals surface area contributed by atoms with E-state index >= 15 is 0 Å². The fourth-order valence-corrected chi connectivity index (χ4v) is 3.20. The van der Waals surface area contributed by atoms with Gasteiger partial charge in [-0.15, -0.1) is 0 Å². The summed E-state index contributed by atoms with van der Waals surface area (Å²) in [5, 5.41) is 0. The first-order valence-electron chi connectivity index (χ1n) is 7.70. The maximum Gasteiger partial charge on any atom is 0.254 e. The lowest BCUT2D eigenvalue weighted by Gasteiger charge is -2.26. The Morgan fingerprint density at radius 3 is 2.59 bits per heavy atom. The molecule has 1 aliphatic rings. The van der Waals surface area contributed by atoms with Crippen LogP contribution in [0.2, 0.25) is 0 Å². The lowest BCUT2D eigenvalue weighted by Crippen LogP contribution is -2.30. The zero-order valence-electron chi connectivity index (χ0n) is 13.4. The Bertz CT molecular complexity index is 693. The van der Waals surface area contributed by atoms with Gasteiger partial charge in [0.1, 0.15) is 0 Å². The van der Waals surface area contributed by atoms with Gasteiger partial charge in [-0.25, -0.2) is 0 Å². The SMILES string of the molecule is CN(C)c1cccc(C(=O)N(C)C2CCc3ccccc32)c1. The first-order valence-corrected chi connectivity index (χ1v) is 7.70. The summed E-state index contributed by atoms with van der Waals surface area (Å²) in [4.78, 5) is 16.7. The van der Waals surface area contributed by atoms with Crippen LogP contribution in [0.4, 0.5) is 5.69 Å². The molecular formula is C19H22N2O. The molecule has 114 valence electrons. The van der Waals surface area contributed by atoms with Crippen molar-refractivity contribution in [3.8, 4) is 0 Å². The molecule has 1 aliphatic carbocycles. The lowest BCUT2D eigenvalue weighted by atomic mass is 10.1. The van der Waals surface area contributed by atoms with Gasteiger partial charge in [0.15, 0.2) is 0 Å². The van der Waals surface area contributed by atoms with Crippen LogP contribution in [0.5, 0.6) is 0 Å². The average Bonchev–Trinajstić information content (AvgIpc) is 2.97. The Balaban J connectivity index is 1.85. The number of amides is 1. The van der Waals surface area contributed by atoms with E-state index in [0.29, 0.717) is 0 Å². The second-order valence-electron chi connectivity index (χ2n) is 6.11. The van der Waals surface area contributed by atoms with E-state index in [2.05, 4.69) is 24.3 Å². The van der Waals surface area contributed by atoms with Crippen molar-refractivity contribution >= 4 is 11.6 Å². The van der Waals surface area contributed by atoms with Crippen molar-refractivity contribution in [1.82, 2.24) is 4.90 Å². The standard InChI is InChI=1S/C19H22N2O/c1-20(2)16-9-6-8-15(13-16)19(22)21(3)18-12-11-14-7-4-5-10-17(14)18/h4-10,13,18H,11-12H2,1-3H3. The minimum absolute atomic E-state index is 0.0883. The molecule has 0 saturated carbocycles. The normalized spacial score (nSPS) is 16.2. The second kappa shape index (κ2) is 5.84. The molecular weight excluding hydrogens is 272 g/mol. The van der Waals surface area contributed by atoms with Crippen LogP contribution in [-0.4, -0.2) is 32.0 Å². The van der Waals surface area contributed by atoms with E-state index in [1.54, 1.807) is 0 Å². The molecule has 3 nitrogen and oxygen atoms in total. The van der Waals surface area contributed by atoms with Gasteiger partial charge in [0, 0.05) is 32.4 Å². The molecule has 0 N–H and O–H groups in total. The first-order chi connectivity index (χ1) is 10.6. The molecule has 0 radical (unpaired) electrons. The van der Waals surface area contributed by atoms with E-state index in [0.717, 1.165) is 24.1 Å². The van der Waals surface area contributed by atoms with E-state index in [1.165, 1.54) is 11.1 Å². The van der Waals surface area contributed by atoms with Gasteiger partial charge in [0.2, 0.25) is 0 Å². The Kier molecular flexibility index (Phi) is 3.88. The highest BCUT2D eigenvalue weighted by molar-refractivity contribution is 5.95. The average molecular weight is 294 g/mol. The predicted octanol–water partition coefficient (Wildman–Crippen LogP) is 3.51. The van der Waals surface area contributed by atoms with Gasteiger partial charge in [-0.3, -0.25) is 4.79 Å². The van der Waals surface area contributed by atoms with Crippen molar-refractivity contribution in [2.75, 3.05) is 26.0 Å². The summed E-state index contributed by atoms with van der Waals surface area (Å²) < 4.78 is 0. The zero-order chi connectivity index (χ0) is 15.7. The summed E-state index contributed by atoms with van der Waals surface area (Å²) in [6, 6.07) is 16.4. The summed E-state index contributed by atoms with van der Waals surface area (Å²) in [6.07, 6.45) is 2.06. The monoisotopic (exact) mass is 294 g/mol. The fourth-order valence-electron chi connectivity index (χ4n) is 3.20. The van der Waals surface area contributed by atoms with Gasteiger partial charge in [0.05, 0.1) is 6.04 Å². The highest BCUT2D eigenvalue weighted by atomic mass is 16.2. The zero-order valence-corrected chi connectivity index (χ0v) is 13.4. The number of nitrogens with zero attached hydrogens (tertiary/aromatic N) is 2. The molecule has 3 heteroatoms. The van der Waals surface area contributed by atoms with Crippen LogP contribution in [0.1, 0.15) is 33.9 Å². The molecule has 0 bridgehead atoms. The number of carbonyl (C=O) groups excluding carboxylic acids is 1. The molecule has 0 heterocycles. The van der Waals surface area contributed by atoms with Gasteiger partial charge < -0.3 is 9.80 Å². The Labute approximate surface area is 132 Å². The number of anilines is 1. The lowest BCUT2D eigenvalue weighted by molar-refractivity contribution is 0.0730. The molecule has 1 amide bonds. The van der Waals surface area contributed by atoms with Gasteiger partial charge in [-0.2, -0.15) is 0 Å². The minimum atomic E-state index is 0.0883. The van der Waals surface area contributed by atoms with Gasteiger partial charge >= 0.3 is 0 Å². The van der Waals surface area contributed by atoms with Crippen LogP contribution in [0.15, 0.2) is 48.5 Å². The quantitative estimate of drug-likeness (QED) is 0.865. The topological polar surface area (TPSA) is 23.6 Å². The van der Waals surface area contributed by atoms with Crippen molar-refractivity contribution in [2.24, 2.45) is 0 Å². The molecule has 0 saturated heterocycles. The molecule has 2 aromatic rings. The van der Waals surface area contributed by atoms with Crippen molar-refractivity contribution in [1.29, 1.82) is 0 Å². The summed E-state index contributed by atoms with van der Waals surface area (Å²) in [5.74, 6) is 0.0883. The van der Waals surface area contributed by atoms with E-state index in [-0.39, 0.29) is 11.9 Å². The minimum Gasteiger partial charge on any atom is -0.378 e. The fraction of sp³-hybridized carbons (Fsp3) is 0.316. The Morgan fingerprint density at radius 1 is 1.05 bits per heavy atom. The maximum atomic E-state index is 12.8. The summed E-state index contributed by atoms with van der Waals surface area (Å²) in [6.45, 7) is 0. The first kappa shape index (κ1) is 14.6. The van der Waals surface area contributed by atoms with E-state index < -0.39 is 0 Å². The van der Waals surface area contributed by atoms with Crippen molar-refractivity contribution in [3.05, 3.63) is 65.2 Å². The number of aryl methyl sites for hydroxylation is 1. The van der Waals surface area contributed by atoms with Crippen LogP contribution in [-0.2, 0) is 6.42 Å². The van der Waals surface area contributed by atoms with Crippen LogP contribution in [0.25, 0.3) is 0 Å². The largest absolute Gasteiger partial charge is 0.378 e. The van der Waals surface area contributed by atoms with Gasteiger partial charge in [-0.1, -0.05) is 30.3 Å². The third-order valence-corrected chi connectivity index (χ3v) is 4.50. The van der Waals surface area contributed by atoms with Crippen LogP contribution in [0.3, 0.4) is 0 Å². The molecule has 22 heavy (non-hydrogen) atoms. The van der Waals surface area contributed by atoms with Crippen molar-refractivity contribution < 1.29 is 4.79 Å². The molecule has 3 rings (SSSR count). The van der Waals surface area contributed by atoms with Gasteiger partial charge in [0.25, 0.3) is 5.91 Å². The number of carbonyl (C=O) groups is 1. The molecule has 1 atom stereocenters. The van der Waals surface area contributed by atoms with Crippen LogP contribution in [0, 0.1) is 0 Å². The Morgan fingerprint density at radius 2 is 1.82 bits per heavy atom. The summed E-state index contributed by atoms with van der Waals surface area (Å²) >= 11 is 0. The second-order valence-corrected chi connectivity index (χ2v) is 6.11. The number of fused-ring (bicyclic) bond motifs is 1. The van der Waals surface area contributed by atoms with Crippen molar-refractivity contribution in [2.45, 2.75) is 18.9 Å². The third-order valence-electron chi connectivity index (χ3n) is 4.50. The third kappa shape index (κ3) is 2.59. The highest BCUT2D eigenvalue weighted by Gasteiger charge is 2.28. The maximum absolute atomic E-state index is 12.8. The van der Waals surface area contributed by atoms with E-state index in [9.17, 15) is 4.79 Å². The van der Waals surface area contributed by atoms with E-state index in [4.69, 9.17) is 0 Å². The van der Waals surface area contributed by atoms with E-state index in [1.807, 2.05) is 55.2 Å². The molecule has 0 aromatic heterocycles. The molecule has 0 fully saturated rings. The number of benzene rings is 2. The molecule has 0 aliphatic heterocycles. The molecule has 0 spiro atoms. The molecule has 1 unspecified atom stereocenters.